The van der Waals surface area contributed by atoms with E-state index >= 15 is 0 Å². The van der Waals surface area contributed by atoms with Crippen LogP contribution in [0, 0.1) is 6.92 Å². The van der Waals surface area contributed by atoms with E-state index in [1.807, 2.05) is 33.1 Å². The van der Waals surface area contributed by atoms with Gasteiger partial charge in [0.15, 0.2) is 16.6 Å². The van der Waals surface area contributed by atoms with E-state index in [-0.39, 0.29) is 5.91 Å². The summed E-state index contributed by atoms with van der Waals surface area (Å²) in [4.78, 5) is 16.7. The minimum absolute atomic E-state index is 0.269. The number of amides is 1. The average Bonchev–Trinajstić information content (AvgIpc) is 2.95. The van der Waals surface area contributed by atoms with Crippen LogP contribution < -0.4 is 19.5 Å². The van der Waals surface area contributed by atoms with Gasteiger partial charge in [0.1, 0.15) is 0 Å². The average molecular weight is 350 g/mol. The number of rotatable bonds is 8. The quantitative estimate of drug-likeness (QED) is 0.782. The van der Waals surface area contributed by atoms with Gasteiger partial charge in [0.2, 0.25) is 5.75 Å². The molecule has 0 aliphatic rings. The highest BCUT2D eigenvalue weighted by Crippen LogP contribution is 2.39. The molecule has 1 amide bonds. The number of thiazole rings is 1. The molecule has 0 saturated heterocycles. The number of hydrogen-bond acceptors (Lipinski definition) is 6. The zero-order chi connectivity index (χ0) is 17.5. The third kappa shape index (κ3) is 4.38. The summed E-state index contributed by atoms with van der Waals surface area (Å²) in [7, 11) is 0. The highest BCUT2D eigenvalue weighted by molar-refractivity contribution is 7.13. The first-order valence-electron chi connectivity index (χ1n) is 7.88. The number of nitrogens with zero attached hydrogens (tertiary/aromatic N) is 1. The number of benzene rings is 1. The molecule has 2 rings (SSSR count). The number of aromatic nitrogens is 1. The molecule has 24 heavy (non-hydrogen) atoms. The summed E-state index contributed by atoms with van der Waals surface area (Å²) >= 11 is 1.38. The van der Waals surface area contributed by atoms with E-state index in [1.54, 1.807) is 12.1 Å². The number of nitrogens with one attached hydrogen (secondary N) is 1. The third-order valence-corrected chi connectivity index (χ3v) is 3.89. The first kappa shape index (κ1) is 18.1. The van der Waals surface area contributed by atoms with Crippen LogP contribution in [0.15, 0.2) is 17.5 Å². The highest BCUT2D eigenvalue weighted by atomic mass is 32.1. The lowest BCUT2D eigenvalue weighted by molar-refractivity contribution is 0.102. The Bertz CT molecular complexity index is 673. The number of ether oxygens (including phenoxy) is 3. The number of anilines is 1. The van der Waals surface area contributed by atoms with Crippen molar-refractivity contribution in [2.45, 2.75) is 27.7 Å². The molecule has 2 aromatic rings. The third-order valence-electron chi connectivity index (χ3n) is 3.01. The molecule has 0 spiro atoms. The molecule has 0 saturated carbocycles. The van der Waals surface area contributed by atoms with Gasteiger partial charge in [-0.1, -0.05) is 0 Å². The predicted octanol–water partition coefficient (Wildman–Crippen LogP) is 3.90. The van der Waals surface area contributed by atoms with Crippen LogP contribution in [0.3, 0.4) is 0 Å². The molecule has 0 atom stereocenters. The summed E-state index contributed by atoms with van der Waals surface area (Å²) in [5.74, 6) is 1.23. The van der Waals surface area contributed by atoms with Crippen LogP contribution in [-0.2, 0) is 0 Å². The zero-order valence-electron chi connectivity index (χ0n) is 14.3. The van der Waals surface area contributed by atoms with Crippen molar-refractivity contribution < 1.29 is 19.0 Å². The van der Waals surface area contributed by atoms with Crippen LogP contribution in [-0.4, -0.2) is 30.7 Å². The Hall–Kier alpha value is -2.28. The van der Waals surface area contributed by atoms with Crippen LogP contribution in [0.2, 0.25) is 0 Å². The van der Waals surface area contributed by atoms with Crippen molar-refractivity contribution in [1.29, 1.82) is 0 Å². The van der Waals surface area contributed by atoms with E-state index in [0.29, 0.717) is 47.8 Å². The van der Waals surface area contributed by atoms with Crippen molar-refractivity contribution >= 4 is 22.4 Å². The van der Waals surface area contributed by atoms with E-state index in [0.717, 1.165) is 5.69 Å². The van der Waals surface area contributed by atoms with Gasteiger partial charge in [-0.3, -0.25) is 10.1 Å². The molecule has 1 aromatic carbocycles. The summed E-state index contributed by atoms with van der Waals surface area (Å²) in [5.41, 5.74) is 1.30. The minimum Gasteiger partial charge on any atom is -0.490 e. The second-order valence-corrected chi connectivity index (χ2v) is 5.71. The minimum atomic E-state index is -0.269. The van der Waals surface area contributed by atoms with Gasteiger partial charge in [-0.2, -0.15) is 0 Å². The molecule has 0 unspecified atom stereocenters. The maximum atomic E-state index is 12.5. The smallest absolute Gasteiger partial charge is 0.257 e. The van der Waals surface area contributed by atoms with Gasteiger partial charge in [0.05, 0.1) is 25.5 Å². The fraction of sp³-hybridized carbons (Fsp3) is 0.412. The largest absolute Gasteiger partial charge is 0.490 e. The molecular weight excluding hydrogens is 328 g/mol. The van der Waals surface area contributed by atoms with Crippen molar-refractivity contribution in [1.82, 2.24) is 4.98 Å². The van der Waals surface area contributed by atoms with E-state index in [1.165, 1.54) is 11.3 Å². The Morgan fingerprint density at radius 3 is 2.12 bits per heavy atom. The zero-order valence-corrected chi connectivity index (χ0v) is 15.2. The normalized spacial score (nSPS) is 10.3. The predicted molar refractivity (Wildman–Crippen MR) is 94.8 cm³/mol. The summed E-state index contributed by atoms with van der Waals surface area (Å²) in [6, 6.07) is 3.32. The van der Waals surface area contributed by atoms with Crippen LogP contribution in [0.25, 0.3) is 0 Å². The highest BCUT2D eigenvalue weighted by Gasteiger charge is 2.19. The topological polar surface area (TPSA) is 69.7 Å². The fourth-order valence-electron chi connectivity index (χ4n) is 2.10. The van der Waals surface area contributed by atoms with Crippen LogP contribution in [0.1, 0.15) is 36.8 Å². The number of carbonyl (C=O) groups excluding carboxylic acids is 1. The van der Waals surface area contributed by atoms with Gasteiger partial charge in [0, 0.05) is 10.9 Å². The molecule has 1 N–H and O–H groups in total. The van der Waals surface area contributed by atoms with E-state index in [4.69, 9.17) is 14.2 Å². The van der Waals surface area contributed by atoms with Gasteiger partial charge >= 0.3 is 0 Å². The van der Waals surface area contributed by atoms with Gasteiger partial charge < -0.3 is 14.2 Å². The van der Waals surface area contributed by atoms with Gasteiger partial charge in [-0.25, -0.2) is 4.98 Å². The lowest BCUT2D eigenvalue weighted by Crippen LogP contribution is -2.13. The summed E-state index contributed by atoms with van der Waals surface area (Å²) in [5, 5.41) is 5.22. The van der Waals surface area contributed by atoms with Gasteiger partial charge in [-0.05, 0) is 39.8 Å². The maximum absolute atomic E-state index is 12.5. The Morgan fingerprint density at radius 2 is 1.67 bits per heavy atom. The van der Waals surface area contributed by atoms with Gasteiger partial charge in [0.25, 0.3) is 5.91 Å². The van der Waals surface area contributed by atoms with Crippen LogP contribution in [0.5, 0.6) is 17.2 Å². The molecule has 7 heteroatoms. The molecule has 0 bridgehead atoms. The van der Waals surface area contributed by atoms with Crippen LogP contribution >= 0.6 is 11.3 Å². The lowest BCUT2D eigenvalue weighted by atomic mass is 10.1. The maximum Gasteiger partial charge on any atom is 0.257 e. The number of carbonyl (C=O) groups is 1. The van der Waals surface area contributed by atoms with Gasteiger partial charge in [-0.15, -0.1) is 11.3 Å². The van der Waals surface area contributed by atoms with E-state index < -0.39 is 0 Å². The summed E-state index contributed by atoms with van der Waals surface area (Å²) in [6.07, 6.45) is 0. The Kier molecular flexibility index (Phi) is 6.43. The molecule has 0 aliphatic heterocycles. The van der Waals surface area contributed by atoms with E-state index in [2.05, 4.69) is 10.3 Å². The molecule has 1 heterocycles. The van der Waals surface area contributed by atoms with E-state index in [9.17, 15) is 4.79 Å². The molecule has 0 radical (unpaired) electrons. The molecule has 130 valence electrons. The van der Waals surface area contributed by atoms with Crippen molar-refractivity contribution in [2.24, 2.45) is 0 Å². The second-order valence-electron chi connectivity index (χ2n) is 4.85. The van der Waals surface area contributed by atoms with Crippen LogP contribution in [0.4, 0.5) is 5.13 Å². The van der Waals surface area contributed by atoms with Crippen molar-refractivity contribution in [3.8, 4) is 17.2 Å². The van der Waals surface area contributed by atoms with Crippen molar-refractivity contribution in [2.75, 3.05) is 25.1 Å². The van der Waals surface area contributed by atoms with Crippen molar-refractivity contribution in [3.05, 3.63) is 28.8 Å². The summed E-state index contributed by atoms with van der Waals surface area (Å²) in [6.45, 7) is 8.91. The molecule has 6 nitrogen and oxygen atoms in total. The number of hydrogen-bond donors (Lipinski definition) is 1. The number of aryl methyl sites for hydroxylation is 1. The molecule has 1 aromatic heterocycles. The van der Waals surface area contributed by atoms with Crippen molar-refractivity contribution in [3.63, 3.8) is 0 Å². The Balaban J connectivity index is 2.35. The second kappa shape index (κ2) is 8.54. The molecule has 0 fully saturated rings. The first-order valence-corrected chi connectivity index (χ1v) is 8.76. The first-order chi connectivity index (χ1) is 11.6. The standard InChI is InChI=1S/C17H22N2O4S/c1-5-21-13-8-12(9-14(22-6-2)15(13)23-7-3)16(20)19-17-18-11(4)10-24-17/h8-10H,5-7H2,1-4H3,(H,18,19,20). The monoisotopic (exact) mass is 350 g/mol. The Morgan fingerprint density at radius 1 is 1.08 bits per heavy atom. The molecule has 0 aliphatic carbocycles. The lowest BCUT2D eigenvalue weighted by Gasteiger charge is -2.16. The molecular formula is C17H22N2O4S. The Labute approximate surface area is 145 Å². The summed E-state index contributed by atoms with van der Waals surface area (Å²) < 4.78 is 16.9. The fourth-order valence-corrected chi connectivity index (χ4v) is 2.78. The SMILES string of the molecule is CCOc1cc(C(=O)Nc2nc(C)cs2)cc(OCC)c1OCC.